The Hall–Kier alpha value is -3.24. The van der Waals surface area contributed by atoms with Crippen molar-refractivity contribution in [3.63, 3.8) is 0 Å². The fraction of sp³-hybridized carbons (Fsp3) is 0.385. The zero-order valence-electron chi connectivity index (χ0n) is 19.3. The van der Waals surface area contributed by atoms with E-state index in [1.165, 1.54) is 44.2 Å². The van der Waals surface area contributed by atoms with Gasteiger partial charge in [0.2, 0.25) is 5.91 Å². The fourth-order valence-electron chi connectivity index (χ4n) is 3.67. The lowest BCUT2D eigenvalue weighted by atomic mass is 10.0. The van der Waals surface area contributed by atoms with Gasteiger partial charge in [0.05, 0.1) is 23.6 Å². The molecular formula is C26H32F2N4O. The molecule has 3 N–H and O–H groups in total. The molecule has 1 heterocycles. The summed E-state index contributed by atoms with van der Waals surface area (Å²) in [5.41, 5.74) is 8.28. The molecule has 1 fully saturated rings. The molecule has 0 spiro atoms. The monoisotopic (exact) mass is 454 g/mol. The van der Waals surface area contributed by atoms with E-state index in [0.717, 1.165) is 28.5 Å². The Morgan fingerprint density at radius 1 is 1.12 bits per heavy atom. The number of rotatable bonds is 6. The summed E-state index contributed by atoms with van der Waals surface area (Å²) in [6.07, 6.45) is 15.9. The summed E-state index contributed by atoms with van der Waals surface area (Å²) >= 11 is 0. The van der Waals surface area contributed by atoms with Gasteiger partial charge in [-0.2, -0.15) is 0 Å². The highest BCUT2D eigenvalue weighted by atomic mass is 19.1. The number of carbonyl (C=O) groups excluding carboxylic acids is 1. The minimum atomic E-state index is -0.587. The first kappa shape index (κ1) is 26.0. The van der Waals surface area contributed by atoms with Gasteiger partial charge in [0.1, 0.15) is 17.5 Å². The first-order chi connectivity index (χ1) is 15.8. The van der Waals surface area contributed by atoms with Gasteiger partial charge in [0.15, 0.2) is 0 Å². The molecule has 0 unspecified atom stereocenters. The third-order valence-corrected chi connectivity index (χ3v) is 5.69. The Kier molecular flexibility index (Phi) is 10.0. The summed E-state index contributed by atoms with van der Waals surface area (Å²) in [6.45, 7) is 2.09. The Morgan fingerprint density at radius 3 is 2.33 bits per heavy atom. The molecule has 7 heteroatoms. The van der Waals surface area contributed by atoms with Gasteiger partial charge in [0.25, 0.3) is 0 Å². The number of nitrogens with one attached hydrogen (secondary N) is 1. The number of halogens is 2. The summed E-state index contributed by atoms with van der Waals surface area (Å²) < 4.78 is 28.8. The van der Waals surface area contributed by atoms with Gasteiger partial charge in [-0.3, -0.25) is 10.1 Å². The number of primary amides is 1. The Balaban J connectivity index is 0.000000477. The number of hydrogen-bond acceptors (Lipinski definition) is 3. The molecule has 0 bridgehead atoms. The van der Waals surface area contributed by atoms with Gasteiger partial charge >= 0.3 is 0 Å². The molecule has 1 atom stereocenters. The molecule has 5 nitrogen and oxygen atoms in total. The minimum absolute atomic E-state index is 0.361. The Labute approximate surface area is 194 Å². The van der Waals surface area contributed by atoms with Crippen LogP contribution in [0.25, 0.3) is 11.0 Å². The maximum Gasteiger partial charge on any atom is 0.234 e. The van der Waals surface area contributed by atoms with E-state index < -0.39 is 23.6 Å². The maximum atomic E-state index is 13.9. The summed E-state index contributed by atoms with van der Waals surface area (Å²) in [5.74, 6) is -0.804. The number of fused-ring (bicyclic) bond motifs is 1. The van der Waals surface area contributed by atoms with Crippen LogP contribution < -0.4 is 11.1 Å². The van der Waals surface area contributed by atoms with Crippen LogP contribution in [0.2, 0.25) is 0 Å². The van der Waals surface area contributed by atoms with E-state index in [4.69, 9.17) is 5.73 Å². The summed E-state index contributed by atoms with van der Waals surface area (Å²) in [5, 5.41) is 3.02. The van der Waals surface area contributed by atoms with Crippen LogP contribution in [0.15, 0.2) is 36.4 Å². The zero-order chi connectivity index (χ0) is 24.4. The van der Waals surface area contributed by atoms with Gasteiger partial charge in [-0.25, -0.2) is 13.8 Å². The number of carbonyl (C=O) groups is 1. The van der Waals surface area contributed by atoms with Crippen LogP contribution in [0.4, 0.5) is 8.78 Å². The van der Waals surface area contributed by atoms with Crippen molar-refractivity contribution in [2.24, 2.45) is 12.8 Å². The zero-order valence-corrected chi connectivity index (χ0v) is 19.3. The van der Waals surface area contributed by atoms with Crippen molar-refractivity contribution in [2.75, 3.05) is 0 Å². The molecule has 1 aromatic heterocycles. The SMILES string of the molecule is C#C.C1CCCC1.C[C@H](NCc1nc2ccc(Cc3ccc(F)cc3F)cc2n1C)C(N)=O. The van der Waals surface area contributed by atoms with Crippen molar-refractivity contribution in [3.05, 3.63) is 65.0 Å². The summed E-state index contributed by atoms with van der Waals surface area (Å²) in [4.78, 5) is 15.7. The number of aromatic nitrogens is 2. The van der Waals surface area contributed by atoms with Crippen LogP contribution in [-0.4, -0.2) is 21.5 Å². The molecule has 0 saturated heterocycles. The minimum Gasteiger partial charge on any atom is -0.368 e. The largest absolute Gasteiger partial charge is 0.368 e. The van der Waals surface area contributed by atoms with Gasteiger partial charge < -0.3 is 10.3 Å². The average Bonchev–Trinajstić information content (AvgIpc) is 3.48. The van der Waals surface area contributed by atoms with Crippen molar-refractivity contribution in [3.8, 4) is 12.8 Å². The van der Waals surface area contributed by atoms with E-state index in [2.05, 4.69) is 23.1 Å². The molecule has 4 rings (SSSR count). The molecule has 2 aromatic carbocycles. The second-order valence-corrected chi connectivity index (χ2v) is 8.10. The van der Waals surface area contributed by atoms with Gasteiger partial charge in [-0.1, -0.05) is 44.2 Å². The number of terminal acetylenes is 1. The Bertz CT molecular complexity index is 1080. The average molecular weight is 455 g/mol. The fourth-order valence-corrected chi connectivity index (χ4v) is 3.67. The molecule has 176 valence electrons. The number of nitrogens with two attached hydrogens (primary N) is 1. The van der Waals surface area contributed by atoms with Crippen molar-refractivity contribution in [2.45, 2.75) is 58.0 Å². The predicted octanol–water partition coefficient (Wildman–Crippen LogP) is 4.61. The van der Waals surface area contributed by atoms with Crippen LogP contribution in [0.3, 0.4) is 0 Å². The Morgan fingerprint density at radius 2 is 1.76 bits per heavy atom. The molecule has 0 radical (unpaired) electrons. The standard InChI is InChI=1S/C19H20F2N4O.C5H10.C2H2/c1-11(19(22)26)23-10-18-24-16-6-3-12(8-17(16)25(18)2)7-13-4-5-14(20)9-15(13)21;1-2-4-5-3-1;1-2/h3-6,8-9,11,23H,7,10H2,1-2H3,(H2,22,26);1-5H2;1-2H/t11-;;/m0../s1. The number of amides is 1. The lowest BCUT2D eigenvalue weighted by Crippen LogP contribution is -2.38. The normalized spacial score (nSPS) is 13.5. The van der Waals surface area contributed by atoms with E-state index >= 15 is 0 Å². The van der Waals surface area contributed by atoms with Crippen LogP contribution in [0.5, 0.6) is 0 Å². The van der Waals surface area contributed by atoms with E-state index in [9.17, 15) is 13.6 Å². The number of nitrogens with zero attached hydrogens (tertiary/aromatic N) is 2. The lowest BCUT2D eigenvalue weighted by molar-refractivity contribution is -0.119. The van der Waals surface area contributed by atoms with Crippen LogP contribution in [-0.2, 0) is 24.8 Å². The van der Waals surface area contributed by atoms with Crippen molar-refractivity contribution < 1.29 is 13.6 Å². The molecule has 0 aliphatic heterocycles. The van der Waals surface area contributed by atoms with E-state index in [1.807, 2.05) is 29.8 Å². The summed E-state index contributed by atoms with van der Waals surface area (Å²) in [6, 6.07) is 8.83. The number of hydrogen-bond donors (Lipinski definition) is 2. The van der Waals surface area contributed by atoms with Gasteiger partial charge in [0, 0.05) is 19.5 Å². The maximum absolute atomic E-state index is 13.9. The molecule has 1 aliphatic carbocycles. The molecule has 1 saturated carbocycles. The lowest BCUT2D eigenvalue weighted by Gasteiger charge is -2.09. The van der Waals surface area contributed by atoms with Crippen molar-refractivity contribution in [1.29, 1.82) is 0 Å². The molecule has 1 amide bonds. The number of aryl methyl sites for hydroxylation is 1. The highest BCUT2D eigenvalue weighted by Gasteiger charge is 2.13. The van der Waals surface area contributed by atoms with Crippen molar-refractivity contribution in [1.82, 2.24) is 14.9 Å². The highest BCUT2D eigenvalue weighted by molar-refractivity contribution is 5.79. The van der Waals surface area contributed by atoms with Crippen LogP contribution in [0.1, 0.15) is 56.0 Å². The molecule has 1 aliphatic rings. The first-order valence-electron chi connectivity index (χ1n) is 11.1. The topological polar surface area (TPSA) is 72.9 Å². The van der Waals surface area contributed by atoms with E-state index in [-0.39, 0.29) is 0 Å². The highest BCUT2D eigenvalue weighted by Crippen LogP contribution is 2.20. The number of imidazole rings is 1. The second kappa shape index (κ2) is 12.7. The van der Waals surface area contributed by atoms with Crippen LogP contribution in [0, 0.1) is 24.5 Å². The predicted molar refractivity (Wildman–Crippen MR) is 128 cm³/mol. The molecular weight excluding hydrogens is 422 g/mol. The van der Waals surface area contributed by atoms with Gasteiger partial charge in [-0.05, 0) is 36.2 Å². The smallest absolute Gasteiger partial charge is 0.234 e. The number of benzene rings is 2. The third kappa shape index (κ3) is 7.40. The van der Waals surface area contributed by atoms with Crippen molar-refractivity contribution >= 4 is 16.9 Å². The third-order valence-electron chi connectivity index (χ3n) is 5.69. The quantitative estimate of drug-likeness (QED) is 0.535. The van der Waals surface area contributed by atoms with E-state index in [1.54, 1.807) is 6.92 Å². The first-order valence-corrected chi connectivity index (χ1v) is 11.1. The second-order valence-electron chi connectivity index (χ2n) is 8.10. The summed E-state index contributed by atoms with van der Waals surface area (Å²) in [7, 11) is 1.88. The van der Waals surface area contributed by atoms with E-state index in [0.29, 0.717) is 18.5 Å². The molecule has 33 heavy (non-hydrogen) atoms. The molecule has 3 aromatic rings. The van der Waals surface area contributed by atoms with Gasteiger partial charge in [-0.15, -0.1) is 12.8 Å². The van der Waals surface area contributed by atoms with Crippen LogP contribution >= 0.6 is 0 Å².